The highest BCUT2D eigenvalue weighted by atomic mass is 16.5. The van der Waals surface area contributed by atoms with Crippen LogP contribution in [-0.4, -0.2) is 68.4 Å². The van der Waals surface area contributed by atoms with E-state index in [2.05, 4.69) is 10.2 Å². The Morgan fingerprint density at radius 1 is 1.20 bits per heavy atom. The number of hydrogen-bond donors (Lipinski definition) is 1. The minimum absolute atomic E-state index is 0.00395. The first-order valence-electron chi connectivity index (χ1n) is 9.28. The molecule has 138 valence electrons. The molecular formula is C19H29N3O3. The van der Waals surface area contributed by atoms with Gasteiger partial charge in [-0.25, -0.2) is 4.79 Å². The van der Waals surface area contributed by atoms with Crippen LogP contribution in [0.2, 0.25) is 0 Å². The van der Waals surface area contributed by atoms with Crippen LogP contribution in [0.4, 0.5) is 10.5 Å². The summed E-state index contributed by atoms with van der Waals surface area (Å²) in [5.41, 5.74) is 0.770. The predicted molar refractivity (Wildman–Crippen MR) is 98.2 cm³/mol. The van der Waals surface area contributed by atoms with Crippen molar-refractivity contribution >= 4 is 11.7 Å². The fraction of sp³-hybridized carbons (Fsp3) is 0.632. The summed E-state index contributed by atoms with van der Waals surface area (Å²) >= 11 is 0. The van der Waals surface area contributed by atoms with Gasteiger partial charge in [0.2, 0.25) is 0 Å². The molecule has 0 saturated carbocycles. The Bertz CT molecular complexity index is 561. The second-order valence-corrected chi connectivity index (χ2v) is 6.80. The maximum atomic E-state index is 12.7. The smallest absolute Gasteiger partial charge is 0.322 e. The van der Waals surface area contributed by atoms with Gasteiger partial charge in [-0.1, -0.05) is 6.07 Å². The summed E-state index contributed by atoms with van der Waals surface area (Å²) in [7, 11) is 1.65. The summed E-state index contributed by atoms with van der Waals surface area (Å²) < 4.78 is 10.6. The van der Waals surface area contributed by atoms with Crippen LogP contribution in [0, 0.1) is 0 Å². The van der Waals surface area contributed by atoms with Crippen molar-refractivity contribution in [1.29, 1.82) is 0 Å². The molecular weight excluding hydrogens is 318 g/mol. The molecule has 6 nitrogen and oxygen atoms in total. The summed E-state index contributed by atoms with van der Waals surface area (Å²) in [4.78, 5) is 17.2. The first-order valence-corrected chi connectivity index (χ1v) is 9.28. The molecule has 0 unspecified atom stereocenters. The second kappa shape index (κ2) is 9.06. The minimum Gasteiger partial charge on any atom is -0.491 e. The van der Waals surface area contributed by atoms with E-state index >= 15 is 0 Å². The van der Waals surface area contributed by atoms with Crippen molar-refractivity contribution in [3.05, 3.63) is 24.3 Å². The Labute approximate surface area is 150 Å². The molecule has 1 N–H and O–H groups in total. The van der Waals surface area contributed by atoms with Gasteiger partial charge in [-0.05, 0) is 50.9 Å². The maximum Gasteiger partial charge on any atom is 0.322 e. The van der Waals surface area contributed by atoms with Crippen molar-refractivity contribution in [2.45, 2.75) is 31.7 Å². The van der Waals surface area contributed by atoms with Crippen LogP contribution in [0.1, 0.15) is 25.7 Å². The standard InChI is InChI=1S/C19H29N3O3/c1-24-12-13-25-18-8-4-6-16(14-18)20-19(23)22-11-5-7-17(22)15-21-9-2-3-10-21/h4,6,8,14,17H,2-3,5,7,9-13,15H2,1H3,(H,20,23)/t17-/m1/s1. The molecule has 1 atom stereocenters. The molecule has 2 aliphatic rings. The maximum absolute atomic E-state index is 12.7. The molecule has 1 aromatic carbocycles. The molecule has 2 amide bonds. The zero-order valence-corrected chi connectivity index (χ0v) is 15.1. The average Bonchev–Trinajstić information content (AvgIpc) is 3.28. The van der Waals surface area contributed by atoms with Crippen molar-refractivity contribution in [1.82, 2.24) is 9.80 Å². The number of benzene rings is 1. The normalized spacial score (nSPS) is 20.8. The highest BCUT2D eigenvalue weighted by Gasteiger charge is 2.30. The third-order valence-electron chi connectivity index (χ3n) is 4.95. The van der Waals surface area contributed by atoms with Crippen LogP contribution in [-0.2, 0) is 4.74 Å². The SMILES string of the molecule is COCCOc1cccc(NC(=O)N2CCC[C@@H]2CN2CCCC2)c1. The van der Waals surface area contributed by atoms with Crippen molar-refractivity contribution in [3.63, 3.8) is 0 Å². The van der Waals surface area contributed by atoms with Crippen molar-refractivity contribution in [2.75, 3.05) is 51.8 Å². The number of amides is 2. The van der Waals surface area contributed by atoms with Gasteiger partial charge in [-0.3, -0.25) is 0 Å². The van der Waals surface area contributed by atoms with Gasteiger partial charge < -0.3 is 24.6 Å². The Balaban J connectivity index is 1.54. The van der Waals surface area contributed by atoms with E-state index in [0.717, 1.165) is 37.4 Å². The lowest BCUT2D eigenvalue weighted by atomic mass is 10.2. The fourth-order valence-corrected chi connectivity index (χ4v) is 3.66. The van der Waals surface area contributed by atoms with Crippen molar-refractivity contribution < 1.29 is 14.3 Å². The third-order valence-corrected chi connectivity index (χ3v) is 4.95. The molecule has 1 aromatic rings. The molecule has 2 saturated heterocycles. The number of carbonyl (C=O) groups excluding carboxylic acids is 1. The molecule has 2 heterocycles. The lowest BCUT2D eigenvalue weighted by molar-refractivity contribution is 0.146. The number of likely N-dealkylation sites (tertiary alicyclic amines) is 2. The van der Waals surface area contributed by atoms with E-state index in [9.17, 15) is 4.79 Å². The van der Waals surface area contributed by atoms with Crippen LogP contribution in [0.5, 0.6) is 5.75 Å². The first-order chi connectivity index (χ1) is 12.3. The number of carbonyl (C=O) groups is 1. The van der Waals surface area contributed by atoms with Gasteiger partial charge in [0.05, 0.1) is 6.61 Å². The van der Waals surface area contributed by atoms with Gasteiger partial charge in [0.15, 0.2) is 0 Å². The number of rotatable bonds is 7. The monoisotopic (exact) mass is 347 g/mol. The van der Waals surface area contributed by atoms with Gasteiger partial charge >= 0.3 is 6.03 Å². The summed E-state index contributed by atoms with van der Waals surface area (Å²) in [6.07, 6.45) is 4.76. The van der Waals surface area contributed by atoms with E-state index < -0.39 is 0 Å². The molecule has 0 bridgehead atoms. The molecule has 6 heteroatoms. The topological polar surface area (TPSA) is 54.0 Å². The van der Waals surface area contributed by atoms with Gasteiger partial charge in [-0.15, -0.1) is 0 Å². The van der Waals surface area contributed by atoms with E-state index in [1.165, 1.54) is 25.9 Å². The quantitative estimate of drug-likeness (QED) is 0.771. The summed E-state index contributed by atoms with van der Waals surface area (Å²) in [5, 5.41) is 3.03. The van der Waals surface area contributed by atoms with Gasteiger partial charge in [0, 0.05) is 38.0 Å². The Morgan fingerprint density at radius 3 is 2.84 bits per heavy atom. The number of urea groups is 1. The lowest BCUT2D eigenvalue weighted by Crippen LogP contribution is -2.44. The molecule has 0 aliphatic carbocycles. The van der Waals surface area contributed by atoms with Crippen LogP contribution < -0.4 is 10.1 Å². The van der Waals surface area contributed by atoms with Crippen LogP contribution in [0.25, 0.3) is 0 Å². The van der Waals surface area contributed by atoms with Gasteiger partial charge in [0.1, 0.15) is 12.4 Å². The Morgan fingerprint density at radius 2 is 2.04 bits per heavy atom. The van der Waals surface area contributed by atoms with Gasteiger partial charge in [-0.2, -0.15) is 0 Å². The molecule has 2 aliphatic heterocycles. The number of nitrogens with one attached hydrogen (secondary N) is 1. The molecule has 0 aromatic heterocycles. The average molecular weight is 347 g/mol. The predicted octanol–water partition coefficient (Wildman–Crippen LogP) is 2.80. The highest BCUT2D eigenvalue weighted by Crippen LogP contribution is 2.23. The Hall–Kier alpha value is -1.79. The molecule has 3 rings (SSSR count). The second-order valence-electron chi connectivity index (χ2n) is 6.80. The number of hydrogen-bond acceptors (Lipinski definition) is 4. The van der Waals surface area contributed by atoms with Crippen molar-refractivity contribution in [2.24, 2.45) is 0 Å². The molecule has 0 spiro atoms. The minimum atomic E-state index is -0.00395. The molecule has 2 fully saturated rings. The van der Waals surface area contributed by atoms with Crippen LogP contribution in [0.3, 0.4) is 0 Å². The molecule has 0 radical (unpaired) electrons. The van der Waals surface area contributed by atoms with E-state index in [-0.39, 0.29) is 6.03 Å². The molecule has 25 heavy (non-hydrogen) atoms. The number of nitrogens with zero attached hydrogens (tertiary/aromatic N) is 2. The van der Waals surface area contributed by atoms with E-state index in [0.29, 0.717) is 19.3 Å². The van der Waals surface area contributed by atoms with Crippen molar-refractivity contribution in [3.8, 4) is 5.75 Å². The zero-order valence-electron chi connectivity index (χ0n) is 15.1. The van der Waals surface area contributed by atoms with Crippen LogP contribution >= 0.6 is 0 Å². The number of anilines is 1. The summed E-state index contributed by atoms with van der Waals surface area (Å²) in [6.45, 7) is 5.24. The Kier molecular flexibility index (Phi) is 6.53. The number of methoxy groups -OCH3 is 1. The zero-order chi connectivity index (χ0) is 17.5. The summed E-state index contributed by atoms with van der Waals surface area (Å²) in [6, 6.07) is 7.86. The van der Waals surface area contributed by atoms with E-state index in [4.69, 9.17) is 9.47 Å². The van der Waals surface area contributed by atoms with Gasteiger partial charge in [0.25, 0.3) is 0 Å². The summed E-state index contributed by atoms with van der Waals surface area (Å²) in [5.74, 6) is 0.741. The largest absolute Gasteiger partial charge is 0.491 e. The number of ether oxygens (including phenoxy) is 2. The van der Waals surface area contributed by atoms with E-state index in [1.54, 1.807) is 7.11 Å². The third kappa shape index (κ3) is 5.09. The van der Waals surface area contributed by atoms with E-state index in [1.807, 2.05) is 29.2 Å². The highest BCUT2D eigenvalue weighted by molar-refractivity contribution is 5.90. The fourth-order valence-electron chi connectivity index (χ4n) is 3.66. The van der Waals surface area contributed by atoms with Crippen LogP contribution in [0.15, 0.2) is 24.3 Å². The first kappa shape index (κ1) is 18.0. The lowest BCUT2D eigenvalue weighted by Gasteiger charge is -2.28.